The van der Waals surface area contributed by atoms with Gasteiger partial charge in [-0.1, -0.05) is 29.8 Å². The lowest BCUT2D eigenvalue weighted by Gasteiger charge is -2.23. The van der Waals surface area contributed by atoms with Gasteiger partial charge in [0.05, 0.1) is 6.04 Å². The highest BCUT2D eigenvalue weighted by atomic mass is 19.3. The Kier molecular flexibility index (Phi) is 3.21. The van der Waals surface area contributed by atoms with Crippen molar-refractivity contribution in [1.29, 1.82) is 0 Å². The van der Waals surface area contributed by atoms with Crippen LogP contribution in [0.3, 0.4) is 0 Å². The van der Waals surface area contributed by atoms with Crippen LogP contribution in [0, 0.1) is 6.92 Å². The summed E-state index contributed by atoms with van der Waals surface area (Å²) < 4.78 is 27.3. The Morgan fingerprint density at radius 2 is 2.00 bits per heavy atom. The molecule has 1 atom stereocenters. The van der Waals surface area contributed by atoms with Crippen LogP contribution in [0.25, 0.3) is 0 Å². The van der Waals surface area contributed by atoms with E-state index in [2.05, 4.69) is 5.32 Å². The maximum atomic E-state index is 13.7. The van der Waals surface area contributed by atoms with Crippen LogP contribution < -0.4 is 5.32 Å². The molecule has 0 aromatic heterocycles. The fraction of sp³-hybridized carbons (Fsp3) is 0.455. The second-order valence-electron chi connectivity index (χ2n) is 3.50. The molecule has 1 aromatic carbocycles. The Morgan fingerprint density at radius 3 is 2.50 bits per heavy atom. The van der Waals surface area contributed by atoms with Crippen molar-refractivity contribution in [2.75, 3.05) is 7.05 Å². The van der Waals surface area contributed by atoms with Gasteiger partial charge in [0.25, 0.3) is 5.92 Å². The molecule has 1 rings (SSSR count). The first-order valence-corrected chi connectivity index (χ1v) is 4.60. The summed E-state index contributed by atoms with van der Waals surface area (Å²) in [7, 11) is 1.54. The average molecular weight is 199 g/mol. The lowest BCUT2D eigenvalue weighted by Crippen LogP contribution is -2.38. The zero-order valence-corrected chi connectivity index (χ0v) is 8.64. The number of nitrogens with one attached hydrogen (secondary N) is 1. The van der Waals surface area contributed by atoms with Crippen molar-refractivity contribution >= 4 is 0 Å². The summed E-state index contributed by atoms with van der Waals surface area (Å²) in [6, 6.07) is 5.59. The first-order chi connectivity index (χ1) is 6.48. The van der Waals surface area contributed by atoms with Crippen LogP contribution in [-0.4, -0.2) is 13.1 Å². The van der Waals surface area contributed by atoms with Gasteiger partial charge in [-0.15, -0.1) is 0 Å². The molecule has 0 saturated heterocycles. The number of rotatable bonds is 3. The summed E-state index contributed by atoms with van der Waals surface area (Å²) in [6.45, 7) is 3.28. The van der Waals surface area contributed by atoms with E-state index in [9.17, 15) is 8.78 Å². The lowest BCUT2D eigenvalue weighted by atomic mass is 10.0. The number of aryl methyl sites for hydroxylation is 1. The summed E-state index contributed by atoms with van der Waals surface area (Å²) in [5.74, 6) is -2.82. The van der Waals surface area contributed by atoms with Crippen LogP contribution in [0.5, 0.6) is 0 Å². The third-order valence-corrected chi connectivity index (χ3v) is 2.38. The molecule has 1 unspecified atom stereocenters. The van der Waals surface area contributed by atoms with E-state index in [0.29, 0.717) is 0 Å². The zero-order valence-electron chi connectivity index (χ0n) is 8.64. The fourth-order valence-electron chi connectivity index (χ4n) is 1.28. The first-order valence-electron chi connectivity index (χ1n) is 4.60. The van der Waals surface area contributed by atoms with Crippen LogP contribution in [0.15, 0.2) is 24.3 Å². The Hall–Kier alpha value is -0.960. The van der Waals surface area contributed by atoms with Gasteiger partial charge in [-0.05, 0) is 20.9 Å². The molecule has 0 radical (unpaired) electrons. The van der Waals surface area contributed by atoms with E-state index in [-0.39, 0.29) is 5.56 Å². The Labute approximate surface area is 83.1 Å². The smallest absolute Gasteiger partial charge is 0.287 e. The van der Waals surface area contributed by atoms with Gasteiger partial charge in [-0.25, -0.2) is 0 Å². The van der Waals surface area contributed by atoms with Crippen molar-refractivity contribution in [3.63, 3.8) is 0 Å². The highest BCUT2D eigenvalue weighted by Gasteiger charge is 2.37. The minimum atomic E-state index is -2.82. The van der Waals surface area contributed by atoms with E-state index in [4.69, 9.17) is 0 Å². The average Bonchev–Trinajstić information content (AvgIpc) is 2.16. The van der Waals surface area contributed by atoms with Gasteiger partial charge in [0, 0.05) is 5.56 Å². The van der Waals surface area contributed by atoms with Gasteiger partial charge < -0.3 is 5.32 Å². The van der Waals surface area contributed by atoms with E-state index < -0.39 is 12.0 Å². The van der Waals surface area contributed by atoms with Crippen molar-refractivity contribution in [2.45, 2.75) is 25.8 Å². The van der Waals surface area contributed by atoms with Gasteiger partial charge in [0.15, 0.2) is 0 Å². The van der Waals surface area contributed by atoms with Gasteiger partial charge in [-0.3, -0.25) is 0 Å². The summed E-state index contributed by atoms with van der Waals surface area (Å²) in [6.07, 6.45) is 0. The summed E-state index contributed by atoms with van der Waals surface area (Å²) in [5.41, 5.74) is 0.921. The quantitative estimate of drug-likeness (QED) is 0.789. The van der Waals surface area contributed by atoms with E-state index in [0.717, 1.165) is 5.56 Å². The van der Waals surface area contributed by atoms with E-state index in [1.165, 1.54) is 26.1 Å². The number of benzene rings is 1. The number of hydrogen-bond donors (Lipinski definition) is 1. The van der Waals surface area contributed by atoms with Crippen molar-refractivity contribution in [3.05, 3.63) is 35.4 Å². The van der Waals surface area contributed by atoms with Crippen molar-refractivity contribution < 1.29 is 8.78 Å². The molecular weight excluding hydrogens is 184 g/mol. The fourth-order valence-corrected chi connectivity index (χ4v) is 1.28. The molecule has 0 heterocycles. The molecule has 14 heavy (non-hydrogen) atoms. The van der Waals surface area contributed by atoms with E-state index in [1.54, 1.807) is 6.07 Å². The second kappa shape index (κ2) is 4.05. The molecule has 3 heteroatoms. The minimum absolute atomic E-state index is 0.0688. The van der Waals surface area contributed by atoms with Crippen LogP contribution in [0.4, 0.5) is 8.78 Å². The van der Waals surface area contributed by atoms with Gasteiger partial charge in [-0.2, -0.15) is 8.78 Å². The number of alkyl halides is 2. The highest BCUT2D eigenvalue weighted by molar-refractivity contribution is 5.27. The Morgan fingerprint density at radius 1 is 1.36 bits per heavy atom. The minimum Gasteiger partial charge on any atom is -0.312 e. The predicted molar refractivity (Wildman–Crippen MR) is 53.6 cm³/mol. The van der Waals surface area contributed by atoms with Gasteiger partial charge in [0.1, 0.15) is 0 Å². The molecule has 1 N–H and O–H groups in total. The van der Waals surface area contributed by atoms with E-state index >= 15 is 0 Å². The molecule has 0 bridgehead atoms. The Balaban J connectivity index is 3.03. The van der Waals surface area contributed by atoms with Crippen molar-refractivity contribution in [3.8, 4) is 0 Å². The summed E-state index contributed by atoms with van der Waals surface area (Å²) >= 11 is 0. The Bertz CT molecular complexity index is 310. The monoisotopic (exact) mass is 199 g/mol. The molecule has 0 spiro atoms. The predicted octanol–water partition coefficient (Wildman–Crippen LogP) is 2.69. The van der Waals surface area contributed by atoms with E-state index in [1.807, 2.05) is 13.0 Å². The third kappa shape index (κ3) is 2.10. The molecule has 0 saturated carbocycles. The third-order valence-electron chi connectivity index (χ3n) is 2.38. The molecule has 0 aliphatic rings. The van der Waals surface area contributed by atoms with Crippen molar-refractivity contribution in [1.82, 2.24) is 5.32 Å². The van der Waals surface area contributed by atoms with Crippen molar-refractivity contribution in [2.24, 2.45) is 0 Å². The van der Waals surface area contributed by atoms with Crippen LogP contribution >= 0.6 is 0 Å². The zero-order chi connectivity index (χ0) is 10.8. The summed E-state index contributed by atoms with van der Waals surface area (Å²) in [4.78, 5) is 0. The molecular formula is C11H15F2N. The maximum Gasteiger partial charge on any atom is 0.287 e. The van der Waals surface area contributed by atoms with Crippen LogP contribution in [0.1, 0.15) is 18.1 Å². The maximum absolute atomic E-state index is 13.7. The number of likely N-dealkylation sites (N-methyl/N-ethyl adjacent to an activating group) is 1. The normalized spacial score (nSPS) is 14.1. The first kappa shape index (κ1) is 11.1. The lowest BCUT2D eigenvalue weighted by molar-refractivity contribution is -0.0354. The van der Waals surface area contributed by atoms with Gasteiger partial charge >= 0.3 is 0 Å². The topological polar surface area (TPSA) is 12.0 Å². The van der Waals surface area contributed by atoms with Crippen LogP contribution in [-0.2, 0) is 5.92 Å². The molecule has 1 nitrogen and oxygen atoms in total. The molecule has 1 aromatic rings. The molecule has 78 valence electrons. The second-order valence-corrected chi connectivity index (χ2v) is 3.50. The summed E-state index contributed by atoms with van der Waals surface area (Å²) in [5, 5.41) is 2.57. The SMILES string of the molecule is CNC(C)C(F)(F)c1cccc(C)c1. The molecule has 0 aliphatic heterocycles. The van der Waals surface area contributed by atoms with Crippen LogP contribution in [0.2, 0.25) is 0 Å². The standard InChI is InChI=1S/C11H15F2N/c1-8-5-4-6-10(7-8)11(12,13)9(2)14-3/h4-7,9,14H,1-3H3. The molecule has 0 fully saturated rings. The molecule has 0 aliphatic carbocycles. The number of halogens is 2. The highest BCUT2D eigenvalue weighted by Crippen LogP contribution is 2.31. The number of hydrogen-bond acceptors (Lipinski definition) is 1. The largest absolute Gasteiger partial charge is 0.312 e. The molecule has 0 amide bonds. The van der Waals surface area contributed by atoms with Gasteiger partial charge in [0.2, 0.25) is 0 Å².